The molecule has 1 saturated carbocycles. The second-order valence-electron chi connectivity index (χ2n) is 9.27. The summed E-state index contributed by atoms with van der Waals surface area (Å²) in [6, 6.07) is 0. The SMILES string of the molecule is CC(=O)OCC(=O)C1=CC[C@H]2[C@@H]3CC=C4CC(=O)C=C[C@]4(C)[C@H]3[C@@H](O)C[C@]12C. The Hall–Kier alpha value is -2.01. The van der Waals surface area contributed by atoms with Crippen molar-refractivity contribution in [2.45, 2.75) is 52.6 Å². The van der Waals surface area contributed by atoms with Crippen LogP contribution in [0.1, 0.15) is 46.5 Å². The molecule has 5 nitrogen and oxygen atoms in total. The number of rotatable bonds is 3. The zero-order valence-corrected chi connectivity index (χ0v) is 16.7. The highest BCUT2D eigenvalue weighted by Gasteiger charge is 2.60. The molecule has 4 aliphatic rings. The Balaban J connectivity index is 1.64. The lowest BCUT2D eigenvalue weighted by Gasteiger charge is -2.57. The van der Waals surface area contributed by atoms with Crippen molar-refractivity contribution in [3.63, 3.8) is 0 Å². The van der Waals surface area contributed by atoms with Gasteiger partial charge in [-0.1, -0.05) is 37.6 Å². The average Bonchev–Trinajstić information content (AvgIpc) is 2.96. The summed E-state index contributed by atoms with van der Waals surface area (Å²) in [6.07, 6.45) is 9.87. The number of allylic oxidation sites excluding steroid dienone is 5. The molecule has 0 aromatic carbocycles. The zero-order valence-electron chi connectivity index (χ0n) is 16.7. The number of carbonyl (C=O) groups excluding carboxylic acids is 3. The van der Waals surface area contributed by atoms with Crippen LogP contribution in [0.15, 0.2) is 35.5 Å². The lowest BCUT2D eigenvalue weighted by atomic mass is 9.47. The van der Waals surface area contributed by atoms with Gasteiger partial charge in [0.2, 0.25) is 0 Å². The van der Waals surface area contributed by atoms with Crippen molar-refractivity contribution in [3.05, 3.63) is 35.5 Å². The highest BCUT2D eigenvalue weighted by molar-refractivity contribution is 5.99. The molecule has 4 rings (SSSR count). The first-order valence-electron chi connectivity index (χ1n) is 10.1. The third-order valence-corrected chi connectivity index (χ3v) is 7.74. The van der Waals surface area contributed by atoms with Gasteiger partial charge in [0, 0.05) is 35.7 Å². The van der Waals surface area contributed by atoms with Gasteiger partial charge in [-0.15, -0.1) is 0 Å². The summed E-state index contributed by atoms with van der Waals surface area (Å²) in [5, 5.41) is 11.2. The van der Waals surface area contributed by atoms with Gasteiger partial charge in [0.25, 0.3) is 0 Å². The summed E-state index contributed by atoms with van der Waals surface area (Å²) in [4.78, 5) is 35.7. The lowest BCUT2D eigenvalue weighted by Crippen LogP contribution is -2.55. The van der Waals surface area contributed by atoms with E-state index >= 15 is 0 Å². The molecule has 0 radical (unpaired) electrons. The van der Waals surface area contributed by atoms with Crippen LogP contribution in [-0.4, -0.2) is 35.4 Å². The predicted octanol–water partition coefficient (Wildman–Crippen LogP) is 2.93. The first kappa shape index (κ1) is 19.3. The van der Waals surface area contributed by atoms with Crippen LogP contribution in [0.4, 0.5) is 0 Å². The van der Waals surface area contributed by atoms with E-state index in [2.05, 4.69) is 19.9 Å². The van der Waals surface area contributed by atoms with Crippen LogP contribution in [0.2, 0.25) is 0 Å². The van der Waals surface area contributed by atoms with E-state index in [0.717, 1.165) is 18.4 Å². The number of aliphatic hydroxyl groups is 1. The van der Waals surface area contributed by atoms with Gasteiger partial charge in [-0.05, 0) is 37.2 Å². The number of fused-ring (bicyclic) bond motifs is 5. The maximum atomic E-state index is 12.7. The molecule has 150 valence electrons. The molecule has 0 amide bonds. The smallest absolute Gasteiger partial charge is 0.303 e. The van der Waals surface area contributed by atoms with E-state index in [4.69, 9.17) is 4.74 Å². The molecule has 1 N–H and O–H groups in total. The van der Waals surface area contributed by atoms with Gasteiger partial charge < -0.3 is 9.84 Å². The fourth-order valence-corrected chi connectivity index (χ4v) is 6.48. The normalized spacial score (nSPS) is 41.4. The minimum atomic E-state index is -0.555. The summed E-state index contributed by atoms with van der Waals surface area (Å²) in [7, 11) is 0. The number of ether oxygens (including phenoxy) is 1. The molecule has 0 saturated heterocycles. The van der Waals surface area contributed by atoms with Gasteiger partial charge in [-0.25, -0.2) is 0 Å². The minimum absolute atomic E-state index is 0.0475. The van der Waals surface area contributed by atoms with E-state index in [0.29, 0.717) is 18.4 Å². The molecule has 0 spiro atoms. The molecule has 0 aromatic rings. The summed E-state index contributed by atoms with van der Waals surface area (Å²) >= 11 is 0. The highest BCUT2D eigenvalue weighted by Crippen LogP contribution is 2.63. The number of carbonyl (C=O) groups is 3. The van der Waals surface area contributed by atoms with Crippen LogP contribution in [0.25, 0.3) is 0 Å². The van der Waals surface area contributed by atoms with Crippen molar-refractivity contribution >= 4 is 17.5 Å². The van der Waals surface area contributed by atoms with Crippen LogP contribution in [0.5, 0.6) is 0 Å². The summed E-state index contributed by atoms with van der Waals surface area (Å²) in [5.41, 5.74) is 1.11. The van der Waals surface area contributed by atoms with E-state index in [1.165, 1.54) is 6.92 Å². The Kier molecular flexibility index (Phi) is 4.49. The summed E-state index contributed by atoms with van der Waals surface area (Å²) < 4.78 is 4.93. The van der Waals surface area contributed by atoms with E-state index in [-0.39, 0.29) is 41.3 Å². The predicted molar refractivity (Wildman–Crippen MR) is 103 cm³/mol. The van der Waals surface area contributed by atoms with Crippen LogP contribution in [0.3, 0.4) is 0 Å². The molecule has 0 aliphatic heterocycles. The van der Waals surface area contributed by atoms with E-state index < -0.39 is 17.5 Å². The van der Waals surface area contributed by atoms with Crippen molar-refractivity contribution in [2.75, 3.05) is 6.61 Å². The lowest BCUT2D eigenvalue weighted by molar-refractivity contribution is -0.145. The molecule has 6 atom stereocenters. The number of ketones is 2. The van der Waals surface area contributed by atoms with Crippen molar-refractivity contribution < 1.29 is 24.2 Å². The summed E-state index contributed by atoms with van der Waals surface area (Å²) in [6.45, 7) is 5.27. The fraction of sp³-hybridized carbons (Fsp3) is 0.609. The number of hydrogen-bond acceptors (Lipinski definition) is 5. The van der Waals surface area contributed by atoms with Gasteiger partial charge in [-0.3, -0.25) is 14.4 Å². The molecule has 0 heterocycles. The molecule has 5 heteroatoms. The third-order valence-electron chi connectivity index (χ3n) is 7.74. The minimum Gasteiger partial charge on any atom is -0.457 e. The average molecular weight is 384 g/mol. The molecular weight excluding hydrogens is 356 g/mol. The highest BCUT2D eigenvalue weighted by atomic mass is 16.5. The van der Waals surface area contributed by atoms with Gasteiger partial charge in [-0.2, -0.15) is 0 Å². The maximum absolute atomic E-state index is 12.7. The number of aliphatic hydroxyl groups excluding tert-OH is 1. The molecular formula is C23H28O5. The fourth-order valence-electron chi connectivity index (χ4n) is 6.48. The van der Waals surface area contributed by atoms with Gasteiger partial charge in [0.05, 0.1) is 6.10 Å². The Labute approximate surface area is 165 Å². The maximum Gasteiger partial charge on any atom is 0.303 e. The van der Waals surface area contributed by atoms with Crippen molar-refractivity contribution in [3.8, 4) is 0 Å². The standard InChI is InChI=1S/C23H28O5/c1-13(24)28-12-20(27)18-7-6-17-16-5-4-14-10-15(25)8-9-22(14,2)21(16)19(26)11-23(17,18)3/h4,7-9,16-17,19,21,26H,5-6,10-12H2,1-3H3/t16-,17-,19-,21+,22-,23-/m0/s1. The first-order chi connectivity index (χ1) is 13.2. The molecule has 0 bridgehead atoms. The van der Waals surface area contributed by atoms with Gasteiger partial charge in [0.15, 0.2) is 18.2 Å². The molecule has 1 fully saturated rings. The monoisotopic (exact) mass is 384 g/mol. The third kappa shape index (κ3) is 2.74. The topological polar surface area (TPSA) is 80.7 Å². The Bertz CT molecular complexity index is 834. The van der Waals surface area contributed by atoms with Gasteiger partial charge >= 0.3 is 5.97 Å². The molecule has 0 aromatic heterocycles. The Morgan fingerprint density at radius 2 is 2.00 bits per heavy atom. The Morgan fingerprint density at radius 3 is 2.71 bits per heavy atom. The summed E-state index contributed by atoms with van der Waals surface area (Å²) in [5.74, 6) is 0.0547. The van der Waals surface area contributed by atoms with Crippen molar-refractivity contribution in [1.82, 2.24) is 0 Å². The number of Topliss-reactive ketones (excluding diaryl/α,β-unsaturated/α-hetero) is 1. The second kappa shape index (κ2) is 6.51. The van der Waals surface area contributed by atoms with Crippen molar-refractivity contribution in [2.24, 2.45) is 28.6 Å². The van der Waals surface area contributed by atoms with Crippen LogP contribution < -0.4 is 0 Å². The van der Waals surface area contributed by atoms with Crippen LogP contribution in [-0.2, 0) is 19.1 Å². The first-order valence-corrected chi connectivity index (χ1v) is 10.1. The molecule has 0 unspecified atom stereocenters. The quantitative estimate of drug-likeness (QED) is 0.598. The number of hydrogen-bond donors (Lipinski definition) is 1. The Morgan fingerprint density at radius 1 is 1.25 bits per heavy atom. The van der Waals surface area contributed by atoms with Crippen molar-refractivity contribution in [1.29, 1.82) is 0 Å². The van der Waals surface area contributed by atoms with Gasteiger partial charge in [0.1, 0.15) is 0 Å². The largest absolute Gasteiger partial charge is 0.457 e. The zero-order chi connectivity index (χ0) is 20.3. The molecule has 28 heavy (non-hydrogen) atoms. The van der Waals surface area contributed by atoms with E-state index in [1.54, 1.807) is 6.08 Å². The van der Waals surface area contributed by atoms with Crippen LogP contribution >= 0.6 is 0 Å². The van der Waals surface area contributed by atoms with E-state index in [9.17, 15) is 19.5 Å². The van der Waals surface area contributed by atoms with E-state index in [1.807, 2.05) is 12.2 Å². The number of esters is 1. The second-order valence-corrected chi connectivity index (χ2v) is 9.27. The van der Waals surface area contributed by atoms with Crippen LogP contribution in [0, 0.1) is 28.6 Å². The molecule has 4 aliphatic carbocycles.